The molecule has 0 saturated carbocycles. The molecule has 2 amide bonds. The van der Waals surface area contributed by atoms with Gasteiger partial charge in [-0.1, -0.05) is 0 Å². The highest BCUT2D eigenvalue weighted by Gasteiger charge is 2.33. The Morgan fingerprint density at radius 3 is 2.75 bits per heavy atom. The molecule has 1 atom stereocenters. The lowest BCUT2D eigenvalue weighted by Crippen LogP contribution is -2.49. The molecule has 2 heterocycles. The summed E-state index contributed by atoms with van der Waals surface area (Å²) in [6.07, 6.45) is 3.98. The Bertz CT molecular complexity index is 246. The molecule has 2 saturated heterocycles. The molecule has 0 spiro atoms. The second-order valence-corrected chi connectivity index (χ2v) is 4.73. The van der Waals surface area contributed by atoms with Crippen molar-refractivity contribution in [3.63, 3.8) is 0 Å². The van der Waals surface area contributed by atoms with Crippen molar-refractivity contribution in [2.45, 2.75) is 31.3 Å². The summed E-state index contributed by atoms with van der Waals surface area (Å²) in [5.41, 5.74) is -0.856. The molecule has 0 radical (unpaired) electrons. The van der Waals surface area contributed by atoms with Gasteiger partial charge in [-0.2, -0.15) is 0 Å². The van der Waals surface area contributed by atoms with Crippen LogP contribution in [0.5, 0.6) is 0 Å². The number of amides is 2. The van der Waals surface area contributed by atoms with Crippen LogP contribution in [0.25, 0.3) is 0 Å². The first-order chi connectivity index (χ1) is 7.70. The number of likely N-dealkylation sites (tertiary alicyclic amines) is 1. The lowest BCUT2D eigenvalue weighted by molar-refractivity contribution is 0.0279. The third-order valence-electron chi connectivity index (χ3n) is 3.29. The minimum atomic E-state index is -0.856. The molecule has 0 aromatic carbocycles. The quantitative estimate of drug-likeness (QED) is 0.716. The lowest BCUT2D eigenvalue weighted by Gasteiger charge is -2.28. The van der Waals surface area contributed by atoms with Gasteiger partial charge in [0.05, 0.1) is 13.2 Å². The maximum Gasteiger partial charge on any atom is 0.317 e. The Balaban J connectivity index is 1.74. The van der Waals surface area contributed by atoms with Gasteiger partial charge in [-0.3, -0.25) is 0 Å². The number of hydrogen-bond donors (Lipinski definition) is 2. The number of aliphatic hydroxyl groups is 1. The van der Waals surface area contributed by atoms with Crippen LogP contribution in [0.3, 0.4) is 0 Å². The van der Waals surface area contributed by atoms with Crippen LogP contribution in [-0.4, -0.2) is 54.5 Å². The first-order valence-electron chi connectivity index (χ1n) is 6.03. The number of nitrogens with zero attached hydrogens (tertiary/aromatic N) is 1. The van der Waals surface area contributed by atoms with Crippen molar-refractivity contribution in [3.05, 3.63) is 0 Å². The van der Waals surface area contributed by atoms with Crippen LogP contribution in [0, 0.1) is 0 Å². The number of carbonyl (C=O) groups is 1. The topological polar surface area (TPSA) is 61.8 Å². The minimum Gasteiger partial charge on any atom is -0.386 e. The van der Waals surface area contributed by atoms with Crippen LogP contribution < -0.4 is 5.32 Å². The maximum absolute atomic E-state index is 11.8. The van der Waals surface area contributed by atoms with Crippen molar-refractivity contribution >= 4 is 6.03 Å². The standard InChI is InChI=1S/C11H20N2O3/c14-10(13-5-2-1-3-6-13)12-8-11(15)4-7-16-9-11/h15H,1-9H2,(H,12,14). The van der Waals surface area contributed by atoms with Gasteiger partial charge in [0.1, 0.15) is 5.60 Å². The van der Waals surface area contributed by atoms with Crippen molar-refractivity contribution in [1.82, 2.24) is 10.2 Å². The van der Waals surface area contributed by atoms with Crippen LogP contribution in [0.2, 0.25) is 0 Å². The van der Waals surface area contributed by atoms with E-state index in [1.165, 1.54) is 6.42 Å². The van der Waals surface area contributed by atoms with Crippen molar-refractivity contribution in [1.29, 1.82) is 0 Å². The Kier molecular flexibility index (Phi) is 3.66. The number of carbonyl (C=O) groups excluding carboxylic acids is 1. The maximum atomic E-state index is 11.8. The molecule has 0 bridgehead atoms. The predicted octanol–water partition coefficient (Wildman–Crippen LogP) is 0.333. The molecule has 5 nitrogen and oxygen atoms in total. The van der Waals surface area contributed by atoms with Gasteiger partial charge >= 0.3 is 6.03 Å². The third kappa shape index (κ3) is 2.86. The van der Waals surface area contributed by atoms with E-state index in [0.717, 1.165) is 25.9 Å². The minimum absolute atomic E-state index is 0.0555. The SMILES string of the molecule is O=C(NCC1(O)CCOC1)N1CCCCC1. The summed E-state index contributed by atoms with van der Waals surface area (Å²) in [6.45, 7) is 2.87. The van der Waals surface area contributed by atoms with E-state index >= 15 is 0 Å². The molecule has 2 aliphatic rings. The Morgan fingerprint density at radius 1 is 1.38 bits per heavy atom. The van der Waals surface area contributed by atoms with Gasteiger partial charge in [0, 0.05) is 26.1 Å². The smallest absolute Gasteiger partial charge is 0.317 e. The van der Waals surface area contributed by atoms with Gasteiger partial charge in [-0.25, -0.2) is 4.79 Å². The second kappa shape index (κ2) is 5.01. The lowest BCUT2D eigenvalue weighted by atomic mass is 10.0. The Morgan fingerprint density at radius 2 is 2.12 bits per heavy atom. The third-order valence-corrected chi connectivity index (χ3v) is 3.29. The zero-order chi connectivity index (χ0) is 11.4. The molecule has 1 unspecified atom stereocenters. The molecule has 16 heavy (non-hydrogen) atoms. The second-order valence-electron chi connectivity index (χ2n) is 4.73. The molecular formula is C11H20N2O3. The summed E-state index contributed by atoms with van der Waals surface area (Å²) in [7, 11) is 0. The summed E-state index contributed by atoms with van der Waals surface area (Å²) in [5.74, 6) is 0. The van der Waals surface area contributed by atoms with E-state index in [-0.39, 0.29) is 6.03 Å². The van der Waals surface area contributed by atoms with Crippen molar-refractivity contribution in [3.8, 4) is 0 Å². The largest absolute Gasteiger partial charge is 0.386 e. The van der Waals surface area contributed by atoms with Gasteiger partial charge < -0.3 is 20.1 Å². The molecule has 2 aliphatic heterocycles. The summed E-state index contributed by atoms with van der Waals surface area (Å²) < 4.78 is 5.12. The summed E-state index contributed by atoms with van der Waals surface area (Å²) in [5, 5.41) is 12.8. The average Bonchev–Trinajstić information content (AvgIpc) is 2.75. The summed E-state index contributed by atoms with van der Waals surface area (Å²) >= 11 is 0. The number of nitrogens with one attached hydrogen (secondary N) is 1. The van der Waals surface area contributed by atoms with Crippen LogP contribution >= 0.6 is 0 Å². The van der Waals surface area contributed by atoms with Crippen LogP contribution in [-0.2, 0) is 4.74 Å². The molecular weight excluding hydrogens is 208 g/mol. The van der Waals surface area contributed by atoms with Gasteiger partial charge in [0.15, 0.2) is 0 Å². The van der Waals surface area contributed by atoms with E-state index in [1.807, 2.05) is 4.90 Å². The zero-order valence-corrected chi connectivity index (χ0v) is 9.57. The van der Waals surface area contributed by atoms with Crippen LogP contribution in [0.4, 0.5) is 4.79 Å². The zero-order valence-electron chi connectivity index (χ0n) is 9.57. The first kappa shape index (κ1) is 11.7. The molecule has 0 aliphatic carbocycles. The number of piperidine rings is 1. The number of hydrogen-bond acceptors (Lipinski definition) is 3. The summed E-state index contributed by atoms with van der Waals surface area (Å²) in [4.78, 5) is 13.6. The van der Waals surface area contributed by atoms with Crippen molar-refractivity contribution < 1.29 is 14.6 Å². The van der Waals surface area contributed by atoms with Crippen LogP contribution in [0.1, 0.15) is 25.7 Å². The average molecular weight is 228 g/mol. The van der Waals surface area contributed by atoms with E-state index in [0.29, 0.717) is 26.2 Å². The number of ether oxygens (including phenoxy) is 1. The fourth-order valence-corrected chi connectivity index (χ4v) is 2.18. The first-order valence-corrected chi connectivity index (χ1v) is 6.03. The normalized spacial score (nSPS) is 30.4. The highest BCUT2D eigenvalue weighted by molar-refractivity contribution is 5.74. The van der Waals surface area contributed by atoms with E-state index in [4.69, 9.17) is 4.74 Å². The highest BCUT2D eigenvalue weighted by atomic mass is 16.5. The van der Waals surface area contributed by atoms with Gasteiger partial charge in [0.25, 0.3) is 0 Å². The van der Waals surface area contributed by atoms with Crippen LogP contribution in [0.15, 0.2) is 0 Å². The predicted molar refractivity (Wildman–Crippen MR) is 59.2 cm³/mol. The Labute approximate surface area is 95.8 Å². The van der Waals surface area contributed by atoms with Gasteiger partial charge in [-0.05, 0) is 19.3 Å². The van der Waals surface area contributed by atoms with Gasteiger partial charge in [-0.15, -0.1) is 0 Å². The fraction of sp³-hybridized carbons (Fsp3) is 0.909. The molecule has 2 rings (SSSR count). The monoisotopic (exact) mass is 228 g/mol. The van der Waals surface area contributed by atoms with E-state index in [1.54, 1.807) is 0 Å². The van der Waals surface area contributed by atoms with E-state index < -0.39 is 5.60 Å². The molecule has 5 heteroatoms. The Hall–Kier alpha value is -0.810. The highest BCUT2D eigenvalue weighted by Crippen LogP contribution is 2.17. The van der Waals surface area contributed by atoms with Crippen molar-refractivity contribution in [2.24, 2.45) is 0 Å². The molecule has 0 aromatic rings. The van der Waals surface area contributed by atoms with Gasteiger partial charge in [0.2, 0.25) is 0 Å². The van der Waals surface area contributed by atoms with E-state index in [9.17, 15) is 9.90 Å². The van der Waals surface area contributed by atoms with Crippen molar-refractivity contribution in [2.75, 3.05) is 32.8 Å². The summed E-state index contributed by atoms with van der Waals surface area (Å²) in [6, 6.07) is -0.0555. The molecule has 92 valence electrons. The molecule has 2 N–H and O–H groups in total. The molecule has 2 fully saturated rings. The van der Waals surface area contributed by atoms with E-state index in [2.05, 4.69) is 5.32 Å². The fourth-order valence-electron chi connectivity index (χ4n) is 2.18. The number of urea groups is 1. The number of rotatable bonds is 2. The molecule has 0 aromatic heterocycles.